The number of para-hydroxylation sites is 1. The van der Waals surface area contributed by atoms with Crippen LogP contribution in [0.5, 0.6) is 17.2 Å². The summed E-state index contributed by atoms with van der Waals surface area (Å²) in [5.41, 5.74) is 1.37. The van der Waals surface area contributed by atoms with Crippen molar-refractivity contribution in [1.29, 1.82) is 0 Å². The zero-order valence-corrected chi connectivity index (χ0v) is 20.3. The van der Waals surface area contributed by atoms with Gasteiger partial charge in [-0.2, -0.15) is 0 Å². The third kappa shape index (κ3) is 5.86. The van der Waals surface area contributed by atoms with E-state index in [1.165, 1.54) is 12.1 Å². The van der Waals surface area contributed by atoms with Gasteiger partial charge in [0, 0.05) is 12.6 Å². The van der Waals surface area contributed by atoms with E-state index in [0.717, 1.165) is 22.0 Å². The lowest BCUT2D eigenvalue weighted by Crippen LogP contribution is -2.41. The van der Waals surface area contributed by atoms with Crippen LogP contribution >= 0.6 is 0 Å². The molecule has 0 bridgehead atoms. The van der Waals surface area contributed by atoms with Crippen LogP contribution in [0.15, 0.2) is 77.7 Å². The Labute approximate surface area is 205 Å². The molecule has 1 heterocycles. The van der Waals surface area contributed by atoms with E-state index < -0.39 is 15.9 Å². The lowest BCUT2D eigenvalue weighted by atomic mass is 10.1. The normalized spacial score (nSPS) is 12.6. The van der Waals surface area contributed by atoms with Gasteiger partial charge in [-0.15, -0.1) is 0 Å². The fourth-order valence-electron chi connectivity index (χ4n) is 3.82. The van der Waals surface area contributed by atoms with Crippen LogP contribution in [0.4, 0.5) is 5.69 Å². The molecule has 0 spiro atoms. The Morgan fingerprint density at radius 1 is 0.971 bits per heavy atom. The number of methoxy groups -OCH3 is 1. The van der Waals surface area contributed by atoms with Gasteiger partial charge in [-0.3, -0.25) is 9.10 Å². The molecule has 0 saturated carbocycles. The second-order valence-electron chi connectivity index (χ2n) is 7.92. The summed E-state index contributed by atoms with van der Waals surface area (Å²) in [5, 5.41) is 2.83. The number of ether oxygens (including phenoxy) is 3. The van der Waals surface area contributed by atoms with Gasteiger partial charge in [0.25, 0.3) is 10.0 Å². The minimum atomic E-state index is -4.00. The number of rotatable bonds is 10. The average molecular weight is 497 g/mol. The Bertz CT molecular complexity index is 1260. The molecule has 8 nitrogen and oxygen atoms in total. The molecule has 1 amide bonds. The Morgan fingerprint density at radius 3 is 2.46 bits per heavy atom. The summed E-state index contributed by atoms with van der Waals surface area (Å²) in [6.45, 7) is 0.826. The van der Waals surface area contributed by atoms with Crippen molar-refractivity contribution in [3.05, 3.63) is 78.4 Å². The molecule has 1 N–H and O–H groups in total. The molecule has 0 saturated heterocycles. The quantitative estimate of drug-likeness (QED) is 0.433. The third-order valence-corrected chi connectivity index (χ3v) is 7.36. The van der Waals surface area contributed by atoms with Gasteiger partial charge < -0.3 is 19.5 Å². The van der Waals surface area contributed by atoms with Crippen molar-refractivity contribution in [1.82, 2.24) is 5.32 Å². The number of hydrogen-bond donors (Lipinski definition) is 1. The predicted octanol–water partition coefficient (Wildman–Crippen LogP) is 3.41. The topological polar surface area (TPSA) is 94.2 Å². The van der Waals surface area contributed by atoms with E-state index in [2.05, 4.69) is 5.32 Å². The molecule has 0 aromatic heterocycles. The van der Waals surface area contributed by atoms with Crippen LogP contribution in [-0.4, -0.2) is 47.7 Å². The summed E-state index contributed by atoms with van der Waals surface area (Å²) in [5.74, 6) is 1.38. The van der Waals surface area contributed by atoms with Gasteiger partial charge in [0.1, 0.15) is 25.5 Å². The summed E-state index contributed by atoms with van der Waals surface area (Å²) in [7, 11) is -2.37. The molecule has 3 aromatic rings. The minimum Gasteiger partial charge on any atom is -0.496 e. The van der Waals surface area contributed by atoms with E-state index in [4.69, 9.17) is 14.2 Å². The highest BCUT2D eigenvalue weighted by atomic mass is 32.2. The molecule has 3 aromatic carbocycles. The first kappa shape index (κ1) is 24.4. The number of hydrogen-bond acceptors (Lipinski definition) is 6. The molecular formula is C26H28N2O6S. The lowest BCUT2D eigenvalue weighted by molar-refractivity contribution is -0.119. The van der Waals surface area contributed by atoms with Crippen LogP contribution in [0.1, 0.15) is 12.0 Å². The van der Waals surface area contributed by atoms with Gasteiger partial charge in [0.2, 0.25) is 5.91 Å². The number of fused-ring (bicyclic) bond motifs is 1. The highest BCUT2D eigenvalue weighted by Gasteiger charge is 2.28. The van der Waals surface area contributed by atoms with Crippen LogP contribution in [0, 0.1) is 0 Å². The maximum atomic E-state index is 13.5. The maximum absolute atomic E-state index is 13.5. The Kier molecular flexibility index (Phi) is 7.77. The number of aryl methyl sites for hydroxylation is 1. The molecule has 0 fully saturated rings. The monoisotopic (exact) mass is 496 g/mol. The van der Waals surface area contributed by atoms with Crippen molar-refractivity contribution in [2.75, 3.05) is 37.7 Å². The van der Waals surface area contributed by atoms with Crippen LogP contribution in [0.25, 0.3) is 0 Å². The zero-order valence-electron chi connectivity index (χ0n) is 19.5. The van der Waals surface area contributed by atoms with Gasteiger partial charge in [-0.1, -0.05) is 36.4 Å². The molecule has 0 aliphatic carbocycles. The van der Waals surface area contributed by atoms with E-state index in [1.54, 1.807) is 43.5 Å². The summed E-state index contributed by atoms with van der Waals surface area (Å²) in [4.78, 5) is 12.9. The number of sulfonamides is 1. The van der Waals surface area contributed by atoms with Crippen molar-refractivity contribution in [2.45, 2.75) is 17.7 Å². The van der Waals surface area contributed by atoms with Crippen LogP contribution in [0.3, 0.4) is 0 Å². The number of nitrogens with one attached hydrogen (secondary N) is 1. The SMILES string of the molecule is COc1ccccc1CCCNC(=O)CN(c1ccc2c(c1)OCCO2)S(=O)(=O)c1ccccc1. The van der Waals surface area contributed by atoms with Crippen LogP contribution in [-0.2, 0) is 21.2 Å². The number of anilines is 1. The van der Waals surface area contributed by atoms with Crippen molar-refractivity contribution in [3.63, 3.8) is 0 Å². The molecule has 35 heavy (non-hydrogen) atoms. The molecule has 184 valence electrons. The lowest BCUT2D eigenvalue weighted by Gasteiger charge is -2.26. The molecule has 0 atom stereocenters. The number of amides is 1. The third-order valence-electron chi connectivity index (χ3n) is 5.57. The van der Waals surface area contributed by atoms with Gasteiger partial charge >= 0.3 is 0 Å². The number of benzene rings is 3. The Morgan fingerprint density at radius 2 is 1.69 bits per heavy atom. The van der Waals surface area contributed by atoms with Gasteiger partial charge in [-0.05, 0) is 48.7 Å². The second-order valence-corrected chi connectivity index (χ2v) is 9.78. The molecule has 0 unspecified atom stereocenters. The van der Waals surface area contributed by atoms with Gasteiger partial charge in [-0.25, -0.2) is 8.42 Å². The first-order chi connectivity index (χ1) is 17.0. The minimum absolute atomic E-state index is 0.0962. The number of carbonyl (C=O) groups is 1. The smallest absolute Gasteiger partial charge is 0.264 e. The maximum Gasteiger partial charge on any atom is 0.264 e. The predicted molar refractivity (Wildman–Crippen MR) is 133 cm³/mol. The van der Waals surface area contributed by atoms with Crippen molar-refractivity contribution in [2.24, 2.45) is 0 Å². The Balaban J connectivity index is 1.48. The second kappa shape index (κ2) is 11.1. The number of nitrogens with zero attached hydrogens (tertiary/aromatic N) is 1. The fraction of sp³-hybridized carbons (Fsp3) is 0.269. The highest BCUT2D eigenvalue weighted by molar-refractivity contribution is 7.92. The standard InChI is InChI=1S/C26H28N2O6S/c1-32-23-12-6-5-8-20(23)9-7-15-27-26(29)19-28(35(30,31)22-10-3-2-4-11-22)21-13-14-24-25(18-21)34-17-16-33-24/h2-6,8,10-14,18H,7,9,15-17,19H2,1H3,(H,27,29). The van der Waals surface area contributed by atoms with Gasteiger partial charge in [0.15, 0.2) is 11.5 Å². The van der Waals surface area contributed by atoms with E-state index in [-0.39, 0.29) is 11.4 Å². The largest absolute Gasteiger partial charge is 0.496 e. The summed E-state index contributed by atoms with van der Waals surface area (Å²) < 4.78 is 44.6. The summed E-state index contributed by atoms with van der Waals surface area (Å²) >= 11 is 0. The van der Waals surface area contributed by atoms with E-state index in [0.29, 0.717) is 43.4 Å². The van der Waals surface area contributed by atoms with E-state index in [1.807, 2.05) is 24.3 Å². The zero-order chi connectivity index (χ0) is 24.7. The van der Waals surface area contributed by atoms with Crippen molar-refractivity contribution in [3.8, 4) is 17.2 Å². The fourth-order valence-corrected chi connectivity index (χ4v) is 5.26. The number of carbonyl (C=O) groups excluding carboxylic acids is 1. The van der Waals surface area contributed by atoms with E-state index >= 15 is 0 Å². The molecule has 9 heteroatoms. The van der Waals surface area contributed by atoms with Crippen molar-refractivity contribution < 1.29 is 27.4 Å². The summed E-state index contributed by atoms with van der Waals surface area (Å²) in [6.07, 6.45) is 1.40. The molecule has 1 aliphatic rings. The Hall–Kier alpha value is -3.72. The molecule has 0 radical (unpaired) electrons. The first-order valence-corrected chi connectivity index (χ1v) is 12.8. The highest BCUT2D eigenvalue weighted by Crippen LogP contribution is 2.35. The van der Waals surface area contributed by atoms with Crippen molar-refractivity contribution >= 4 is 21.6 Å². The first-order valence-electron chi connectivity index (χ1n) is 11.3. The summed E-state index contributed by atoms with van der Waals surface area (Å²) in [6, 6.07) is 20.6. The van der Waals surface area contributed by atoms with Crippen LogP contribution < -0.4 is 23.8 Å². The molecular weight excluding hydrogens is 468 g/mol. The molecule has 4 rings (SSSR count). The van der Waals surface area contributed by atoms with Crippen LogP contribution in [0.2, 0.25) is 0 Å². The van der Waals surface area contributed by atoms with E-state index in [9.17, 15) is 13.2 Å². The average Bonchev–Trinajstić information content (AvgIpc) is 2.90. The molecule has 1 aliphatic heterocycles. The van der Waals surface area contributed by atoms with Gasteiger partial charge in [0.05, 0.1) is 17.7 Å².